The molecule has 0 atom stereocenters. The van der Waals surface area contributed by atoms with Crippen molar-refractivity contribution in [3.05, 3.63) is 29.6 Å². The molecule has 0 radical (unpaired) electrons. The Kier molecular flexibility index (Phi) is 3.53. The van der Waals surface area contributed by atoms with E-state index in [2.05, 4.69) is 51.9 Å². The third kappa shape index (κ3) is 2.51. The van der Waals surface area contributed by atoms with Crippen molar-refractivity contribution in [3.63, 3.8) is 0 Å². The Morgan fingerprint density at radius 2 is 2.05 bits per heavy atom. The van der Waals surface area contributed by atoms with Crippen LogP contribution in [-0.4, -0.2) is 47.2 Å². The first kappa shape index (κ1) is 12.6. The van der Waals surface area contributed by atoms with Gasteiger partial charge in [0.05, 0.1) is 11.0 Å². The van der Waals surface area contributed by atoms with E-state index in [1.54, 1.807) is 0 Å². The zero-order valence-corrected chi connectivity index (χ0v) is 11.8. The molecule has 1 aromatic carbocycles. The van der Waals surface area contributed by atoms with Gasteiger partial charge in [-0.3, -0.25) is 0 Å². The minimum absolute atomic E-state index is 1.09. The van der Waals surface area contributed by atoms with Gasteiger partial charge in [0, 0.05) is 39.8 Å². The topological polar surface area (TPSA) is 33.1 Å². The van der Waals surface area contributed by atoms with Crippen LogP contribution in [0.3, 0.4) is 0 Å². The molecule has 1 aliphatic heterocycles. The molecule has 0 amide bonds. The predicted molar refractivity (Wildman–Crippen MR) is 78.5 cm³/mol. The zero-order chi connectivity index (χ0) is 13.2. The average molecular weight is 258 g/mol. The number of imidazole rings is 1. The van der Waals surface area contributed by atoms with E-state index in [9.17, 15) is 0 Å². The maximum atomic E-state index is 4.61. The number of nitrogens with one attached hydrogen (secondary N) is 1. The van der Waals surface area contributed by atoms with E-state index >= 15 is 0 Å². The van der Waals surface area contributed by atoms with E-state index in [0.29, 0.717) is 0 Å². The molecule has 0 unspecified atom stereocenters. The van der Waals surface area contributed by atoms with E-state index in [0.717, 1.165) is 37.4 Å². The third-order valence-electron chi connectivity index (χ3n) is 4.11. The van der Waals surface area contributed by atoms with Crippen molar-refractivity contribution in [2.24, 2.45) is 7.05 Å². The van der Waals surface area contributed by atoms with Gasteiger partial charge in [0.2, 0.25) is 0 Å². The highest BCUT2D eigenvalue weighted by atomic mass is 15.2. The Balaban J connectivity index is 1.80. The van der Waals surface area contributed by atoms with Crippen molar-refractivity contribution in [1.29, 1.82) is 0 Å². The van der Waals surface area contributed by atoms with E-state index in [1.165, 1.54) is 24.2 Å². The second-order valence-electron chi connectivity index (χ2n) is 5.34. The molecule has 102 valence electrons. The lowest BCUT2D eigenvalue weighted by molar-refractivity contribution is 0.244. The summed E-state index contributed by atoms with van der Waals surface area (Å²) in [7, 11) is 2.11. The monoisotopic (exact) mass is 258 g/mol. The molecule has 0 spiro atoms. The quantitative estimate of drug-likeness (QED) is 0.901. The molecule has 1 N–H and O–H groups in total. The van der Waals surface area contributed by atoms with Gasteiger partial charge in [0.15, 0.2) is 0 Å². The molecule has 1 saturated heterocycles. The van der Waals surface area contributed by atoms with Crippen LogP contribution in [0.1, 0.15) is 11.4 Å². The molecule has 0 saturated carbocycles. The van der Waals surface area contributed by atoms with Gasteiger partial charge in [-0.05, 0) is 25.0 Å². The summed E-state index contributed by atoms with van der Waals surface area (Å²) in [6, 6.07) is 6.48. The minimum atomic E-state index is 1.09. The Morgan fingerprint density at radius 3 is 2.84 bits per heavy atom. The number of nitrogens with zero attached hydrogens (tertiary/aromatic N) is 3. The van der Waals surface area contributed by atoms with Gasteiger partial charge in [-0.2, -0.15) is 0 Å². The SMILES string of the molecule is Cc1nc2cccc(CCN3CCNCC3)c2n1C. The maximum Gasteiger partial charge on any atom is 0.106 e. The number of hydrogen-bond acceptors (Lipinski definition) is 3. The molecular weight excluding hydrogens is 236 g/mol. The first-order chi connectivity index (χ1) is 9.25. The van der Waals surface area contributed by atoms with Crippen LogP contribution in [0.4, 0.5) is 0 Å². The van der Waals surface area contributed by atoms with Gasteiger partial charge in [-0.15, -0.1) is 0 Å². The maximum absolute atomic E-state index is 4.61. The Labute approximate surface area is 114 Å². The summed E-state index contributed by atoms with van der Waals surface area (Å²) in [6.45, 7) is 7.79. The fourth-order valence-corrected chi connectivity index (χ4v) is 2.88. The van der Waals surface area contributed by atoms with Crippen LogP contribution in [0.5, 0.6) is 0 Å². The van der Waals surface area contributed by atoms with Crippen LogP contribution in [0.25, 0.3) is 11.0 Å². The molecule has 4 heteroatoms. The molecular formula is C15H22N4. The number of hydrogen-bond donors (Lipinski definition) is 1. The van der Waals surface area contributed by atoms with E-state index in [4.69, 9.17) is 0 Å². The zero-order valence-electron chi connectivity index (χ0n) is 11.8. The molecule has 2 aromatic rings. The van der Waals surface area contributed by atoms with Crippen LogP contribution < -0.4 is 5.32 Å². The fourth-order valence-electron chi connectivity index (χ4n) is 2.88. The van der Waals surface area contributed by atoms with Crippen molar-refractivity contribution in [1.82, 2.24) is 19.8 Å². The second kappa shape index (κ2) is 5.31. The van der Waals surface area contributed by atoms with Crippen LogP contribution in [0, 0.1) is 6.92 Å². The van der Waals surface area contributed by atoms with Gasteiger partial charge in [0.25, 0.3) is 0 Å². The summed E-state index contributed by atoms with van der Waals surface area (Å²) in [5.74, 6) is 1.09. The fraction of sp³-hybridized carbons (Fsp3) is 0.533. The Morgan fingerprint density at radius 1 is 1.26 bits per heavy atom. The molecule has 1 fully saturated rings. The lowest BCUT2D eigenvalue weighted by atomic mass is 10.1. The lowest BCUT2D eigenvalue weighted by Gasteiger charge is -2.27. The molecule has 0 bridgehead atoms. The van der Waals surface area contributed by atoms with Crippen LogP contribution in [-0.2, 0) is 13.5 Å². The van der Waals surface area contributed by atoms with E-state index in [1.807, 2.05) is 0 Å². The highest BCUT2D eigenvalue weighted by Crippen LogP contribution is 2.20. The van der Waals surface area contributed by atoms with Gasteiger partial charge in [-0.1, -0.05) is 12.1 Å². The molecule has 19 heavy (non-hydrogen) atoms. The molecule has 0 aliphatic carbocycles. The summed E-state index contributed by atoms with van der Waals surface area (Å²) in [5, 5.41) is 3.40. The van der Waals surface area contributed by atoms with Crippen LogP contribution in [0.2, 0.25) is 0 Å². The smallest absolute Gasteiger partial charge is 0.106 e. The first-order valence-electron chi connectivity index (χ1n) is 7.10. The molecule has 4 nitrogen and oxygen atoms in total. The lowest BCUT2D eigenvalue weighted by Crippen LogP contribution is -2.44. The summed E-state index contributed by atoms with van der Waals surface area (Å²) in [5.41, 5.74) is 3.84. The van der Waals surface area contributed by atoms with Gasteiger partial charge in [0.1, 0.15) is 5.82 Å². The number of rotatable bonds is 3. The van der Waals surface area contributed by atoms with Crippen LogP contribution in [0.15, 0.2) is 18.2 Å². The number of para-hydroxylation sites is 1. The number of aromatic nitrogens is 2. The van der Waals surface area contributed by atoms with Crippen molar-refractivity contribution in [2.45, 2.75) is 13.3 Å². The van der Waals surface area contributed by atoms with E-state index in [-0.39, 0.29) is 0 Å². The largest absolute Gasteiger partial charge is 0.331 e. The van der Waals surface area contributed by atoms with Crippen molar-refractivity contribution in [3.8, 4) is 0 Å². The molecule has 1 aromatic heterocycles. The highest BCUT2D eigenvalue weighted by molar-refractivity contribution is 5.79. The minimum Gasteiger partial charge on any atom is -0.331 e. The van der Waals surface area contributed by atoms with Crippen LogP contribution >= 0.6 is 0 Å². The van der Waals surface area contributed by atoms with Gasteiger partial charge < -0.3 is 14.8 Å². The third-order valence-corrected chi connectivity index (χ3v) is 4.11. The summed E-state index contributed by atoms with van der Waals surface area (Å²) < 4.78 is 2.21. The summed E-state index contributed by atoms with van der Waals surface area (Å²) >= 11 is 0. The first-order valence-corrected chi connectivity index (χ1v) is 7.10. The highest BCUT2D eigenvalue weighted by Gasteiger charge is 2.12. The van der Waals surface area contributed by atoms with Crippen molar-refractivity contribution in [2.75, 3.05) is 32.7 Å². The predicted octanol–water partition coefficient (Wildman–Crippen LogP) is 1.33. The number of piperazine rings is 1. The van der Waals surface area contributed by atoms with Crippen molar-refractivity contribution >= 4 is 11.0 Å². The van der Waals surface area contributed by atoms with Gasteiger partial charge in [-0.25, -0.2) is 4.98 Å². The number of benzene rings is 1. The summed E-state index contributed by atoms with van der Waals surface area (Å²) in [6.07, 6.45) is 1.11. The van der Waals surface area contributed by atoms with Crippen molar-refractivity contribution < 1.29 is 0 Å². The van der Waals surface area contributed by atoms with Gasteiger partial charge >= 0.3 is 0 Å². The average Bonchev–Trinajstić information content (AvgIpc) is 2.74. The molecule has 3 rings (SSSR count). The number of fused-ring (bicyclic) bond motifs is 1. The second-order valence-corrected chi connectivity index (χ2v) is 5.34. The van der Waals surface area contributed by atoms with E-state index < -0.39 is 0 Å². The standard InChI is InChI=1S/C15H22N4/c1-12-17-14-5-3-4-13(15(14)18(12)2)6-9-19-10-7-16-8-11-19/h3-5,16H,6-11H2,1-2H3. The Bertz CT molecular complexity index is 567. The molecule has 1 aliphatic rings. The Hall–Kier alpha value is -1.39. The normalized spacial score (nSPS) is 17.2. The number of aryl methyl sites for hydroxylation is 2. The molecule has 2 heterocycles. The summed E-state index contributed by atoms with van der Waals surface area (Å²) in [4.78, 5) is 7.15.